The zero-order chi connectivity index (χ0) is 9.52. The first-order valence-electron chi connectivity index (χ1n) is 3.77. The summed E-state index contributed by atoms with van der Waals surface area (Å²) in [5.41, 5.74) is 6.18. The Morgan fingerprint density at radius 1 is 1.31 bits per heavy atom. The highest BCUT2D eigenvalue weighted by Crippen LogP contribution is 2.13. The van der Waals surface area contributed by atoms with Gasteiger partial charge in [0.2, 0.25) is 0 Å². The van der Waals surface area contributed by atoms with Crippen molar-refractivity contribution in [3.63, 3.8) is 0 Å². The van der Waals surface area contributed by atoms with E-state index in [2.05, 4.69) is 22.6 Å². The SMILES string of the molecule is Nc1ccccc1S.c1c[nH]cn1. The Kier molecular flexibility index (Phi) is 3.92. The third kappa shape index (κ3) is 3.66. The Labute approximate surface area is 82.4 Å². The molecule has 0 saturated carbocycles. The molecule has 2 rings (SSSR count). The number of aromatic nitrogens is 2. The van der Waals surface area contributed by atoms with Gasteiger partial charge < -0.3 is 10.7 Å². The number of nitrogens with one attached hydrogen (secondary N) is 1. The van der Waals surface area contributed by atoms with E-state index in [9.17, 15) is 0 Å². The van der Waals surface area contributed by atoms with Crippen LogP contribution in [0, 0.1) is 0 Å². The Hall–Kier alpha value is -1.42. The standard InChI is InChI=1S/C6H7NS.C3H4N2/c7-5-3-1-2-4-6(5)8;1-2-5-3-4-1/h1-4,8H,7H2;1-3H,(H,4,5). The second kappa shape index (κ2) is 5.27. The summed E-state index contributed by atoms with van der Waals surface area (Å²) in [5.74, 6) is 0. The number of nitrogens with zero attached hydrogens (tertiary/aromatic N) is 1. The first kappa shape index (κ1) is 9.67. The van der Waals surface area contributed by atoms with Crippen LogP contribution in [-0.2, 0) is 0 Å². The lowest BCUT2D eigenvalue weighted by atomic mass is 10.3. The first-order valence-corrected chi connectivity index (χ1v) is 4.21. The highest BCUT2D eigenvalue weighted by atomic mass is 32.1. The molecule has 4 heteroatoms. The van der Waals surface area contributed by atoms with Crippen LogP contribution in [0.15, 0.2) is 47.9 Å². The van der Waals surface area contributed by atoms with Crippen LogP contribution in [0.4, 0.5) is 5.69 Å². The van der Waals surface area contributed by atoms with Crippen molar-refractivity contribution in [1.82, 2.24) is 9.97 Å². The van der Waals surface area contributed by atoms with E-state index in [-0.39, 0.29) is 0 Å². The molecule has 0 amide bonds. The summed E-state index contributed by atoms with van der Waals surface area (Å²) in [6.45, 7) is 0. The van der Waals surface area contributed by atoms with Crippen molar-refractivity contribution in [1.29, 1.82) is 0 Å². The van der Waals surface area contributed by atoms with E-state index in [4.69, 9.17) is 5.73 Å². The summed E-state index contributed by atoms with van der Waals surface area (Å²) in [5, 5.41) is 0. The van der Waals surface area contributed by atoms with Gasteiger partial charge in [0.25, 0.3) is 0 Å². The molecule has 1 aromatic carbocycles. The Bertz CT molecular complexity index is 294. The maximum Gasteiger partial charge on any atom is 0.0919 e. The Morgan fingerprint density at radius 2 is 2.08 bits per heavy atom. The predicted molar refractivity (Wildman–Crippen MR) is 56.7 cm³/mol. The van der Waals surface area contributed by atoms with Crippen molar-refractivity contribution >= 4 is 18.3 Å². The van der Waals surface area contributed by atoms with Gasteiger partial charge in [-0.25, -0.2) is 4.98 Å². The fraction of sp³-hybridized carbons (Fsp3) is 0. The molecule has 3 N–H and O–H groups in total. The number of benzene rings is 1. The number of imidazole rings is 1. The number of thiol groups is 1. The molecule has 0 unspecified atom stereocenters. The predicted octanol–water partition coefficient (Wildman–Crippen LogP) is 1.97. The fourth-order valence-corrected chi connectivity index (χ4v) is 0.863. The number of nitrogens with two attached hydrogens (primary N) is 1. The molecule has 0 radical (unpaired) electrons. The molecule has 1 heterocycles. The molecule has 1 aromatic heterocycles. The molecule has 0 aliphatic heterocycles. The molecular weight excluding hydrogens is 182 g/mol. The van der Waals surface area contributed by atoms with Crippen molar-refractivity contribution in [2.75, 3.05) is 5.73 Å². The second-order valence-corrected chi connectivity index (χ2v) is 2.80. The van der Waals surface area contributed by atoms with E-state index in [0.29, 0.717) is 0 Å². The molecule has 0 aliphatic rings. The zero-order valence-electron chi connectivity index (χ0n) is 7.01. The number of hydrogen-bond acceptors (Lipinski definition) is 3. The monoisotopic (exact) mass is 193 g/mol. The van der Waals surface area contributed by atoms with Gasteiger partial charge in [0.1, 0.15) is 0 Å². The smallest absolute Gasteiger partial charge is 0.0919 e. The van der Waals surface area contributed by atoms with Crippen LogP contribution in [0.1, 0.15) is 0 Å². The van der Waals surface area contributed by atoms with Crippen molar-refractivity contribution < 1.29 is 0 Å². The van der Waals surface area contributed by atoms with Gasteiger partial charge in [-0.1, -0.05) is 12.1 Å². The van der Waals surface area contributed by atoms with Crippen LogP contribution in [0.25, 0.3) is 0 Å². The number of anilines is 1. The van der Waals surface area contributed by atoms with Gasteiger partial charge in [-0.2, -0.15) is 0 Å². The highest BCUT2D eigenvalue weighted by Gasteiger charge is 1.85. The molecule has 0 spiro atoms. The van der Waals surface area contributed by atoms with E-state index in [0.717, 1.165) is 10.6 Å². The van der Waals surface area contributed by atoms with E-state index < -0.39 is 0 Å². The lowest BCUT2D eigenvalue weighted by molar-refractivity contribution is 1.31. The molecule has 0 aliphatic carbocycles. The number of nitrogen functional groups attached to an aromatic ring is 1. The van der Waals surface area contributed by atoms with Crippen LogP contribution in [0.2, 0.25) is 0 Å². The van der Waals surface area contributed by atoms with Crippen LogP contribution in [0.5, 0.6) is 0 Å². The normalized spacial score (nSPS) is 8.69. The van der Waals surface area contributed by atoms with Gasteiger partial charge in [-0.15, -0.1) is 12.6 Å². The fourth-order valence-electron chi connectivity index (χ4n) is 0.703. The van der Waals surface area contributed by atoms with E-state index in [1.807, 2.05) is 24.3 Å². The van der Waals surface area contributed by atoms with Crippen LogP contribution < -0.4 is 5.73 Å². The van der Waals surface area contributed by atoms with Crippen molar-refractivity contribution in [2.45, 2.75) is 4.90 Å². The summed E-state index contributed by atoms with van der Waals surface area (Å²) >= 11 is 4.07. The average molecular weight is 193 g/mol. The number of rotatable bonds is 0. The molecule has 0 saturated heterocycles. The largest absolute Gasteiger partial charge is 0.398 e. The summed E-state index contributed by atoms with van der Waals surface area (Å²) in [6.07, 6.45) is 5.08. The number of para-hydroxylation sites is 1. The average Bonchev–Trinajstić information content (AvgIpc) is 2.68. The first-order chi connectivity index (χ1) is 6.30. The minimum Gasteiger partial charge on any atom is -0.398 e. The van der Waals surface area contributed by atoms with Gasteiger partial charge in [-0.05, 0) is 12.1 Å². The Morgan fingerprint density at radius 3 is 2.38 bits per heavy atom. The van der Waals surface area contributed by atoms with Crippen molar-refractivity contribution in [3.8, 4) is 0 Å². The number of aromatic amines is 1. The van der Waals surface area contributed by atoms with Gasteiger partial charge in [0.15, 0.2) is 0 Å². The molecule has 0 bridgehead atoms. The third-order valence-electron chi connectivity index (χ3n) is 1.34. The van der Waals surface area contributed by atoms with Crippen molar-refractivity contribution in [2.24, 2.45) is 0 Å². The highest BCUT2D eigenvalue weighted by molar-refractivity contribution is 7.80. The molecular formula is C9H11N3S. The lowest BCUT2D eigenvalue weighted by Gasteiger charge is -1.92. The molecule has 68 valence electrons. The second-order valence-electron chi connectivity index (χ2n) is 2.32. The van der Waals surface area contributed by atoms with Gasteiger partial charge >= 0.3 is 0 Å². The molecule has 0 fully saturated rings. The van der Waals surface area contributed by atoms with Crippen LogP contribution >= 0.6 is 12.6 Å². The summed E-state index contributed by atoms with van der Waals surface area (Å²) < 4.78 is 0. The van der Waals surface area contributed by atoms with Crippen LogP contribution in [0.3, 0.4) is 0 Å². The van der Waals surface area contributed by atoms with Gasteiger partial charge in [-0.3, -0.25) is 0 Å². The molecule has 13 heavy (non-hydrogen) atoms. The molecule has 2 aromatic rings. The molecule has 3 nitrogen and oxygen atoms in total. The zero-order valence-corrected chi connectivity index (χ0v) is 7.91. The van der Waals surface area contributed by atoms with Gasteiger partial charge in [0.05, 0.1) is 6.33 Å². The minimum absolute atomic E-state index is 0.732. The maximum absolute atomic E-state index is 5.44. The Balaban J connectivity index is 0.000000145. The van der Waals surface area contributed by atoms with Gasteiger partial charge in [0, 0.05) is 23.0 Å². The third-order valence-corrected chi connectivity index (χ3v) is 1.75. The lowest BCUT2D eigenvalue weighted by Crippen LogP contribution is -1.83. The van der Waals surface area contributed by atoms with E-state index >= 15 is 0 Å². The van der Waals surface area contributed by atoms with E-state index in [1.54, 1.807) is 18.7 Å². The summed E-state index contributed by atoms with van der Waals surface area (Å²) in [7, 11) is 0. The quantitative estimate of drug-likeness (QED) is 0.442. The minimum atomic E-state index is 0.732. The van der Waals surface area contributed by atoms with E-state index in [1.165, 1.54) is 0 Å². The van der Waals surface area contributed by atoms with Crippen molar-refractivity contribution in [3.05, 3.63) is 43.0 Å². The number of H-pyrrole nitrogens is 1. The maximum atomic E-state index is 5.44. The summed E-state index contributed by atoms with van der Waals surface area (Å²) in [4.78, 5) is 7.26. The number of hydrogen-bond donors (Lipinski definition) is 3. The van der Waals surface area contributed by atoms with Crippen LogP contribution in [-0.4, -0.2) is 9.97 Å². The molecule has 0 atom stereocenters. The topological polar surface area (TPSA) is 54.7 Å². The summed E-state index contributed by atoms with van der Waals surface area (Å²) in [6, 6.07) is 7.47.